The molecule has 0 aliphatic heterocycles. The number of carbonyl (C=O) groups excluding carboxylic acids is 1. The Morgan fingerprint density at radius 2 is 2.13 bits per heavy atom. The van der Waals surface area contributed by atoms with Crippen LogP contribution in [-0.2, 0) is 12.8 Å². The highest BCUT2D eigenvalue weighted by molar-refractivity contribution is 7.09. The zero-order valence-corrected chi connectivity index (χ0v) is 14.3. The van der Waals surface area contributed by atoms with Crippen molar-refractivity contribution in [2.24, 2.45) is 0 Å². The molecule has 0 bridgehead atoms. The van der Waals surface area contributed by atoms with Crippen LogP contribution in [0, 0.1) is 0 Å². The summed E-state index contributed by atoms with van der Waals surface area (Å²) >= 11 is 1.78. The van der Waals surface area contributed by atoms with Crippen LogP contribution in [0.25, 0.3) is 0 Å². The van der Waals surface area contributed by atoms with E-state index in [1.165, 1.54) is 4.88 Å². The van der Waals surface area contributed by atoms with Gasteiger partial charge in [-0.05, 0) is 49.7 Å². The number of Topliss-reactive ketones (excluding diaryl/α,β-unsaturated/α-hetero) is 1. The van der Waals surface area contributed by atoms with Crippen molar-refractivity contribution >= 4 is 17.1 Å². The van der Waals surface area contributed by atoms with Gasteiger partial charge >= 0.3 is 0 Å². The molecule has 1 atom stereocenters. The first-order valence-corrected chi connectivity index (χ1v) is 9.20. The van der Waals surface area contributed by atoms with Gasteiger partial charge in [-0.1, -0.05) is 25.1 Å². The quantitative estimate of drug-likeness (QED) is 0.873. The van der Waals surface area contributed by atoms with Crippen LogP contribution in [0.4, 0.5) is 0 Å². The Labute approximate surface area is 141 Å². The van der Waals surface area contributed by atoms with E-state index in [0.29, 0.717) is 5.56 Å². The smallest absolute Gasteiger partial charge is 0.180 e. The Bertz CT molecular complexity index is 666. The predicted molar refractivity (Wildman–Crippen MR) is 94.4 cm³/mol. The van der Waals surface area contributed by atoms with E-state index >= 15 is 0 Å². The molecule has 1 aliphatic carbocycles. The second kappa shape index (κ2) is 7.28. The third-order valence-electron chi connectivity index (χ3n) is 4.56. The van der Waals surface area contributed by atoms with E-state index in [9.17, 15) is 9.90 Å². The van der Waals surface area contributed by atoms with Crippen LogP contribution >= 0.6 is 11.3 Å². The van der Waals surface area contributed by atoms with Crippen LogP contribution in [-0.4, -0.2) is 34.9 Å². The van der Waals surface area contributed by atoms with Crippen LogP contribution in [0.3, 0.4) is 0 Å². The first-order valence-electron chi connectivity index (χ1n) is 8.32. The molecule has 1 N–H and O–H groups in total. The van der Waals surface area contributed by atoms with Gasteiger partial charge in [0.05, 0.1) is 6.04 Å². The molecule has 0 saturated carbocycles. The summed E-state index contributed by atoms with van der Waals surface area (Å²) in [5.41, 5.74) is 1.53. The molecule has 0 saturated heterocycles. The van der Waals surface area contributed by atoms with Crippen LogP contribution in [0.15, 0.2) is 35.7 Å². The Kier molecular flexibility index (Phi) is 5.13. The van der Waals surface area contributed by atoms with Gasteiger partial charge in [-0.3, -0.25) is 9.69 Å². The molecule has 3 nitrogen and oxygen atoms in total. The molecular weight excluding hydrogens is 306 g/mol. The fraction of sp³-hybridized carbons (Fsp3) is 0.421. The Morgan fingerprint density at radius 3 is 2.87 bits per heavy atom. The van der Waals surface area contributed by atoms with Gasteiger partial charge in [0.2, 0.25) is 0 Å². The largest absolute Gasteiger partial charge is 0.508 e. The molecule has 0 fully saturated rings. The highest BCUT2D eigenvalue weighted by Gasteiger charge is 2.32. The van der Waals surface area contributed by atoms with Gasteiger partial charge < -0.3 is 5.11 Å². The van der Waals surface area contributed by atoms with Crippen LogP contribution < -0.4 is 0 Å². The molecule has 1 aromatic heterocycles. The van der Waals surface area contributed by atoms with Gasteiger partial charge in [-0.25, -0.2) is 0 Å². The normalized spacial score (nSPS) is 17.5. The van der Waals surface area contributed by atoms with Crippen molar-refractivity contribution in [1.82, 2.24) is 4.90 Å². The maximum atomic E-state index is 12.9. The maximum Gasteiger partial charge on any atom is 0.180 e. The average Bonchev–Trinajstić information content (AvgIpc) is 3.06. The molecule has 2 aromatic rings. The first-order chi connectivity index (χ1) is 11.2. The van der Waals surface area contributed by atoms with Gasteiger partial charge in [-0.15, -0.1) is 11.3 Å². The van der Waals surface area contributed by atoms with Crippen molar-refractivity contribution in [1.29, 1.82) is 0 Å². The summed E-state index contributed by atoms with van der Waals surface area (Å²) in [5, 5.41) is 12.1. The Morgan fingerprint density at radius 1 is 1.26 bits per heavy atom. The van der Waals surface area contributed by atoms with Gasteiger partial charge in [0.1, 0.15) is 5.75 Å². The maximum absolute atomic E-state index is 12.9. The fourth-order valence-electron chi connectivity index (χ4n) is 3.43. The molecule has 1 aliphatic rings. The molecule has 3 rings (SSSR count). The second-order valence-electron chi connectivity index (χ2n) is 6.09. The van der Waals surface area contributed by atoms with Crippen molar-refractivity contribution in [3.05, 3.63) is 51.7 Å². The van der Waals surface area contributed by atoms with Crippen LogP contribution in [0.1, 0.15) is 40.6 Å². The predicted octanol–water partition coefficient (Wildman–Crippen LogP) is 3.91. The Hall–Kier alpha value is -1.65. The van der Waals surface area contributed by atoms with Crippen molar-refractivity contribution in [2.45, 2.75) is 38.6 Å². The zero-order chi connectivity index (χ0) is 16.2. The van der Waals surface area contributed by atoms with E-state index in [4.69, 9.17) is 0 Å². The van der Waals surface area contributed by atoms with Crippen LogP contribution in [0.5, 0.6) is 5.75 Å². The van der Waals surface area contributed by atoms with E-state index in [-0.39, 0.29) is 17.6 Å². The highest BCUT2D eigenvalue weighted by atomic mass is 32.1. The fourth-order valence-corrected chi connectivity index (χ4v) is 4.13. The average molecular weight is 329 g/mol. The number of carbonyl (C=O) groups is 1. The number of hydrogen-bond donors (Lipinski definition) is 1. The number of fused-ring (bicyclic) bond motifs is 1. The summed E-state index contributed by atoms with van der Waals surface area (Å²) < 4.78 is 0. The van der Waals surface area contributed by atoms with E-state index in [2.05, 4.69) is 29.3 Å². The number of aromatic hydroxyl groups is 1. The summed E-state index contributed by atoms with van der Waals surface area (Å²) in [6.07, 6.45) is 3.61. The van der Waals surface area contributed by atoms with Crippen molar-refractivity contribution < 1.29 is 9.90 Å². The molecule has 1 heterocycles. The Balaban J connectivity index is 1.76. The van der Waals surface area contributed by atoms with Crippen molar-refractivity contribution in [2.75, 3.05) is 13.1 Å². The lowest BCUT2D eigenvalue weighted by molar-refractivity contribution is 0.0788. The number of thiophene rings is 1. The van der Waals surface area contributed by atoms with Crippen molar-refractivity contribution in [3.8, 4) is 5.75 Å². The van der Waals surface area contributed by atoms with E-state index in [0.717, 1.165) is 44.3 Å². The number of ketones is 1. The van der Waals surface area contributed by atoms with Gasteiger partial charge in [0, 0.05) is 22.5 Å². The minimum atomic E-state index is -0.0517. The number of phenols is 1. The SMILES string of the molecule is CCCN(CCc1cccs1)C1CCc2c(O)cccc2C1=O. The number of benzene rings is 1. The van der Waals surface area contributed by atoms with E-state index in [1.807, 2.05) is 6.07 Å². The lowest BCUT2D eigenvalue weighted by Crippen LogP contribution is -2.45. The zero-order valence-electron chi connectivity index (χ0n) is 13.5. The van der Waals surface area contributed by atoms with E-state index in [1.54, 1.807) is 23.5 Å². The topological polar surface area (TPSA) is 40.5 Å². The third kappa shape index (κ3) is 3.48. The summed E-state index contributed by atoms with van der Waals surface area (Å²) in [6, 6.07) is 9.48. The number of hydrogen-bond acceptors (Lipinski definition) is 4. The third-order valence-corrected chi connectivity index (χ3v) is 5.50. The standard InChI is InChI=1S/C19H23NO2S/c1-2-11-20(12-10-14-5-4-13-23-14)17-9-8-15-16(19(17)22)6-3-7-18(15)21/h3-7,13,17,21H,2,8-12H2,1H3. The van der Waals surface area contributed by atoms with Gasteiger partial charge in [0.15, 0.2) is 5.78 Å². The second-order valence-corrected chi connectivity index (χ2v) is 7.12. The summed E-state index contributed by atoms with van der Waals surface area (Å²) in [4.78, 5) is 16.6. The summed E-state index contributed by atoms with van der Waals surface area (Å²) in [7, 11) is 0. The van der Waals surface area contributed by atoms with Crippen LogP contribution in [0.2, 0.25) is 0 Å². The number of rotatable bonds is 6. The summed E-state index contributed by atoms with van der Waals surface area (Å²) in [5.74, 6) is 0.428. The molecule has 4 heteroatoms. The minimum Gasteiger partial charge on any atom is -0.508 e. The van der Waals surface area contributed by atoms with Gasteiger partial charge in [0.25, 0.3) is 0 Å². The molecule has 122 valence electrons. The van der Waals surface area contributed by atoms with Crippen molar-refractivity contribution in [3.63, 3.8) is 0 Å². The number of nitrogens with zero attached hydrogens (tertiary/aromatic N) is 1. The first kappa shape index (κ1) is 16.2. The lowest BCUT2D eigenvalue weighted by Gasteiger charge is -2.34. The molecule has 0 spiro atoms. The molecular formula is C19H23NO2S. The molecule has 1 unspecified atom stereocenters. The molecule has 0 amide bonds. The minimum absolute atomic E-state index is 0.0517. The number of phenolic OH excluding ortho intramolecular Hbond substituents is 1. The molecule has 0 radical (unpaired) electrons. The van der Waals surface area contributed by atoms with E-state index < -0.39 is 0 Å². The highest BCUT2D eigenvalue weighted by Crippen LogP contribution is 2.31. The van der Waals surface area contributed by atoms with Gasteiger partial charge in [-0.2, -0.15) is 0 Å². The molecule has 1 aromatic carbocycles. The summed E-state index contributed by atoms with van der Waals surface area (Å²) in [6.45, 7) is 4.01. The lowest BCUT2D eigenvalue weighted by atomic mass is 9.85. The monoisotopic (exact) mass is 329 g/mol. The molecule has 23 heavy (non-hydrogen) atoms.